The molecule has 0 heterocycles. The summed E-state index contributed by atoms with van der Waals surface area (Å²) in [4.78, 5) is 0. The summed E-state index contributed by atoms with van der Waals surface area (Å²) >= 11 is 0. The number of para-hydroxylation sites is 1. The van der Waals surface area contributed by atoms with Gasteiger partial charge in [0.2, 0.25) is 0 Å². The minimum Gasteiger partial charge on any atom is -0.327 e. The Kier molecular flexibility index (Phi) is 9.86. The van der Waals surface area contributed by atoms with Gasteiger partial charge in [-0.3, -0.25) is 5.43 Å². The molecular formula is C22H35N3. The lowest BCUT2D eigenvalue weighted by molar-refractivity contribution is 0.497. The number of hydrogen-bond donors (Lipinski definition) is 2. The van der Waals surface area contributed by atoms with E-state index in [0.29, 0.717) is 5.92 Å². The molecule has 0 radical (unpaired) electrons. The van der Waals surface area contributed by atoms with Crippen molar-refractivity contribution in [2.45, 2.75) is 59.4 Å². The van der Waals surface area contributed by atoms with Crippen LogP contribution in [0.3, 0.4) is 0 Å². The summed E-state index contributed by atoms with van der Waals surface area (Å²) < 4.78 is 0. The van der Waals surface area contributed by atoms with E-state index in [4.69, 9.17) is 5.73 Å². The van der Waals surface area contributed by atoms with Gasteiger partial charge in [-0.15, -0.1) is 0 Å². The number of benzene rings is 1. The van der Waals surface area contributed by atoms with E-state index in [0.717, 1.165) is 31.4 Å². The van der Waals surface area contributed by atoms with Crippen LogP contribution in [0.2, 0.25) is 0 Å². The molecule has 1 aromatic rings. The van der Waals surface area contributed by atoms with Crippen molar-refractivity contribution >= 4 is 11.9 Å². The molecule has 1 rings (SSSR count). The van der Waals surface area contributed by atoms with Gasteiger partial charge in [0.15, 0.2) is 0 Å². The number of unbranched alkanes of at least 4 members (excludes halogenated alkanes) is 1. The number of anilines is 1. The van der Waals surface area contributed by atoms with Crippen molar-refractivity contribution in [3.05, 3.63) is 54.6 Å². The van der Waals surface area contributed by atoms with Crippen molar-refractivity contribution in [3.8, 4) is 0 Å². The van der Waals surface area contributed by atoms with Gasteiger partial charge in [0, 0.05) is 17.7 Å². The Hall–Kier alpha value is -1.87. The predicted octanol–water partition coefficient (Wildman–Crippen LogP) is 5.77. The highest BCUT2D eigenvalue weighted by Gasteiger charge is 2.12. The number of nitrogens with one attached hydrogen (secondary N) is 1. The molecule has 0 aliphatic rings. The topological polar surface area (TPSA) is 50.4 Å². The highest BCUT2D eigenvalue weighted by atomic mass is 15.3. The summed E-state index contributed by atoms with van der Waals surface area (Å²) in [7, 11) is 0. The quantitative estimate of drug-likeness (QED) is 0.232. The van der Waals surface area contributed by atoms with E-state index in [1.54, 1.807) is 0 Å². The van der Waals surface area contributed by atoms with Gasteiger partial charge in [-0.2, -0.15) is 5.10 Å². The second kappa shape index (κ2) is 11.6. The summed E-state index contributed by atoms with van der Waals surface area (Å²) in [6.45, 7) is 8.73. The molecule has 0 bridgehead atoms. The fraction of sp³-hybridized carbons (Fsp3) is 0.500. The summed E-state index contributed by atoms with van der Waals surface area (Å²) in [5.74, 6) is 0.546. The first-order valence-electron chi connectivity index (χ1n) is 9.31. The minimum absolute atomic E-state index is 0.0398. The Morgan fingerprint density at radius 1 is 1.04 bits per heavy atom. The zero-order valence-electron chi connectivity index (χ0n) is 16.3. The van der Waals surface area contributed by atoms with Crippen LogP contribution in [0.1, 0.15) is 53.4 Å². The second-order valence-electron chi connectivity index (χ2n) is 7.59. The average molecular weight is 342 g/mol. The maximum atomic E-state index is 6.02. The van der Waals surface area contributed by atoms with Crippen LogP contribution in [0.5, 0.6) is 0 Å². The van der Waals surface area contributed by atoms with Gasteiger partial charge in [-0.1, -0.05) is 70.2 Å². The maximum absolute atomic E-state index is 6.02. The third-order valence-corrected chi connectivity index (χ3v) is 4.12. The van der Waals surface area contributed by atoms with Gasteiger partial charge in [0.25, 0.3) is 0 Å². The minimum atomic E-state index is 0.0398. The molecule has 3 heteroatoms. The summed E-state index contributed by atoms with van der Waals surface area (Å²) in [6.07, 6.45) is 15.0. The van der Waals surface area contributed by atoms with Gasteiger partial charge >= 0.3 is 0 Å². The third kappa shape index (κ3) is 10.6. The highest BCUT2D eigenvalue weighted by Crippen LogP contribution is 2.18. The van der Waals surface area contributed by atoms with Crippen molar-refractivity contribution < 1.29 is 0 Å². The summed E-state index contributed by atoms with van der Waals surface area (Å²) in [5.41, 5.74) is 10.1. The Labute approximate surface area is 154 Å². The highest BCUT2D eigenvalue weighted by molar-refractivity contribution is 5.66. The lowest BCUT2D eigenvalue weighted by Crippen LogP contribution is -2.25. The van der Waals surface area contributed by atoms with Crippen molar-refractivity contribution in [2.24, 2.45) is 22.2 Å². The molecule has 1 aromatic carbocycles. The Morgan fingerprint density at radius 3 is 2.32 bits per heavy atom. The predicted molar refractivity (Wildman–Crippen MR) is 112 cm³/mol. The van der Waals surface area contributed by atoms with Crippen molar-refractivity contribution in [1.29, 1.82) is 0 Å². The molecule has 3 N–H and O–H groups in total. The van der Waals surface area contributed by atoms with Crippen molar-refractivity contribution in [1.82, 2.24) is 0 Å². The van der Waals surface area contributed by atoms with E-state index in [1.807, 2.05) is 36.5 Å². The number of rotatable bonds is 11. The smallest absolute Gasteiger partial charge is 0.0561 e. The molecular weight excluding hydrogens is 306 g/mol. The summed E-state index contributed by atoms with van der Waals surface area (Å²) in [6, 6.07) is 10.3. The lowest BCUT2D eigenvalue weighted by Gasteiger charge is -2.16. The second-order valence-corrected chi connectivity index (χ2v) is 7.59. The van der Waals surface area contributed by atoms with Gasteiger partial charge in [-0.25, -0.2) is 0 Å². The largest absolute Gasteiger partial charge is 0.327 e. The SMILES string of the molecule is CC(C)C(N)C/C=C/CC/C=C/CC(C)(C)/C=N/Nc1ccccc1. The van der Waals surface area contributed by atoms with Gasteiger partial charge in [0.05, 0.1) is 5.69 Å². The molecule has 3 nitrogen and oxygen atoms in total. The van der Waals surface area contributed by atoms with E-state index < -0.39 is 0 Å². The molecule has 0 fully saturated rings. The first-order chi connectivity index (χ1) is 11.9. The molecule has 0 saturated heterocycles. The van der Waals surface area contributed by atoms with Crippen molar-refractivity contribution in [2.75, 3.05) is 5.43 Å². The fourth-order valence-corrected chi connectivity index (χ4v) is 2.19. The molecule has 1 atom stereocenters. The molecule has 0 aliphatic heterocycles. The zero-order chi connectivity index (χ0) is 18.5. The van der Waals surface area contributed by atoms with E-state index in [9.17, 15) is 0 Å². The van der Waals surface area contributed by atoms with E-state index in [2.05, 4.69) is 62.5 Å². The number of nitrogens with two attached hydrogens (primary N) is 1. The molecule has 0 aromatic heterocycles. The molecule has 0 amide bonds. The fourth-order valence-electron chi connectivity index (χ4n) is 2.19. The number of allylic oxidation sites excluding steroid dienone is 3. The number of hydrogen-bond acceptors (Lipinski definition) is 3. The van der Waals surface area contributed by atoms with Crippen LogP contribution in [-0.2, 0) is 0 Å². The maximum Gasteiger partial charge on any atom is 0.0561 e. The first-order valence-corrected chi connectivity index (χ1v) is 9.31. The molecule has 25 heavy (non-hydrogen) atoms. The Balaban J connectivity index is 2.22. The lowest BCUT2D eigenvalue weighted by atomic mass is 9.91. The van der Waals surface area contributed by atoms with Crippen LogP contribution in [0, 0.1) is 11.3 Å². The zero-order valence-corrected chi connectivity index (χ0v) is 16.3. The Bertz CT molecular complexity index is 542. The van der Waals surface area contributed by atoms with E-state index >= 15 is 0 Å². The van der Waals surface area contributed by atoms with Crippen molar-refractivity contribution in [3.63, 3.8) is 0 Å². The van der Waals surface area contributed by atoms with Gasteiger partial charge < -0.3 is 5.73 Å². The molecule has 0 aliphatic carbocycles. The number of nitrogens with zero attached hydrogens (tertiary/aromatic N) is 1. The third-order valence-electron chi connectivity index (χ3n) is 4.12. The normalized spacial score (nSPS) is 14.2. The number of hydrazone groups is 1. The van der Waals surface area contributed by atoms with Crippen LogP contribution in [0.15, 0.2) is 59.7 Å². The van der Waals surface area contributed by atoms with Crippen LogP contribution < -0.4 is 11.2 Å². The van der Waals surface area contributed by atoms with Gasteiger partial charge in [-0.05, 0) is 43.7 Å². The summed E-state index contributed by atoms with van der Waals surface area (Å²) in [5, 5.41) is 4.35. The van der Waals surface area contributed by atoms with Crippen LogP contribution in [-0.4, -0.2) is 12.3 Å². The van der Waals surface area contributed by atoms with Crippen LogP contribution in [0.4, 0.5) is 5.69 Å². The van der Waals surface area contributed by atoms with Crippen LogP contribution >= 0.6 is 0 Å². The first kappa shape index (κ1) is 21.2. The van der Waals surface area contributed by atoms with E-state index in [-0.39, 0.29) is 11.5 Å². The van der Waals surface area contributed by atoms with Gasteiger partial charge in [0.1, 0.15) is 0 Å². The molecule has 0 spiro atoms. The monoisotopic (exact) mass is 341 g/mol. The van der Waals surface area contributed by atoms with E-state index in [1.165, 1.54) is 0 Å². The standard InChI is InChI=1S/C22H35N3/c1-19(2)21(23)16-12-7-5-6-8-13-17-22(3,4)18-24-25-20-14-10-9-11-15-20/h7-15,18-19,21,25H,5-6,16-17,23H2,1-4H3/b12-7+,13-8+,24-18+. The van der Waals surface area contributed by atoms with Crippen LogP contribution in [0.25, 0.3) is 0 Å². The average Bonchev–Trinajstić information content (AvgIpc) is 2.57. The molecule has 138 valence electrons. The molecule has 1 unspecified atom stereocenters. The Morgan fingerprint density at radius 2 is 1.68 bits per heavy atom. The molecule has 0 saturated carbocycles.